The van der Waals surface area contributed by atoms with E-state index in [0.29, 0.717) is 4.88 Å². The summed E-state index contributed by atoms with van der Waals surface area (Å²) in [6, 6.07) is 4.61. The van der Waals surface area contributed by atoms with Crippen LogP contribution in [0, 0.1) is 10.9 Å². The van der Waals surface area contributed by atoms with E-state index < -0.39 is 39.1 Å². The first-order valence-corrected chi connectivity index (χ1v) is 10.1. The third kappa shape index (κ3) is 3.89. The fourth-order valence-electron chi connectivity index (χ4n) is 2.61. The Bertz CT molecular complexity index is 951. The summed E-state index contributed by atoms with van der Waals surface area (Å²) < 4.78 is 54.5. The van der Waals surface area contributed by atoms with Crippen molar-refractivity contribution in [1.29, 1.82) is 0 Å². The Morgan fingerprint density at radius 3 is 2.69 bits per heavy atom. The summed E-state index contributed by atoms with van der Waals surface area (Å²) in [5.74, 6) is -1.23. The van der Waals surface area contributed by atoms with Gasteiger partial charge in [0.25, 0.3) is 10.2 Å². The molecule has 6 nitrogen and oxygen atoms in total. The van der Waals surface area contributed by atoms with Crippen molar-refractivity contribution in [3.63, 3.8) is 0 Å². The quantitative estimate of drug-likeness (QED) is 0.799. The lowest BCUT2D eigenvalue weighted by molar-refractivity contribution is -0.120. The predicted octanol–water partition coefficient (Wildman–Crippen LogP) is 2.90. The van der Waals surface area contributed by atoms with Crippen LogP contribution in [0.15, 0.2) is 30.3 Å². The molecule has 2 N–H and O–H groups in total. The smallest absolute Gasteiger partial charge is 0.280 e. The highest BCUT2D eigenvalue weighted by Gasteiger charge is 2.41. The van der Waals surface area contributed by atoms with Crippen LogP contribution >= 0.6 is 22.9 Å². The van der Waals surface area contributed by atoms with E-state index in [-0.39, 0.29) is 17.1 Å². The Morgan fingerprint density at radius 1 is 1.35 bits per heavy atom. The van der Waals surface area contributed by atoms with Gasteiger partial charge in [-0.15, -0.1) is 11.3 Å². The Balaban J connectivity index is 1.83. The maximum absolute atomic E-state index is 13.3. The molecule has 26 heavy (non-hydrogen) atoms. The lowest BCUT2D eigenvalue weighted by Crippen LogP contribution is -2.55. The number of rotatable bonds is 3. The van der Waals surface area contributed by atoms with Gasteiger partial charge in [0.15, 0.2) is 5.13 Å². The summed E-state index contributed by atoms with van der Waals surface area (Å²) in [5.41, 5.74) is 0.240. The molecule has 1 amide bonds. The topological polar surface area (TPSA) is 78.5 Å². The number of likely N-dealkylation sites (N-methyl/N-ethyl adjacent to an activating group) is 1. The van der Waals surface area contributed by atoms with Gasteiger partial charge >= 0.3 is 0 Å². The number of nitrogens with zero attached hydrogens (tertiary/aromatic N) is 1. The highest BCUT2D eigenvalue weighted by molar-refractivity contribution is 7.87. The molecule has 140 valence electrons. The van der Waals surface area contributed by atoms with Gasteiger partial charge in [0.2, 0.25) is 5.91 Å². The Kier molecular flexibility index (Phi) is 5.31. The molecule has 1 aromatic carbocycles. The zero-order valence-electron chi connectivity index (χ0n) is 13.4. The highest BCUT2D eigenvalue weighted by Crippen LogP contribution is 2.32. The molecule has 2 aromatic rings. The molecule has 3 rings (SSSR count). The van der Waals surface area contributed by atoms with Gasteiger partial charge in [-0.25, -0.2) is 4.39 Å². The Morgan fingerprint density at radius 2 is 2.08 bits per heavy atom. The number of hydrogen-bond acceptors (Lipinski definition) is 4. The Labute approximate surface area is 157 Å². The molecule has 2 heterocycles. The number of thiophene rings is 1. The predicted molar refractivity (Wildman–Crippen MR) is 95.3 cm³/mol. The number of halogens is 3. The molecule has 2 atom stereocenters. The molecule has 11 heteroatoms. The first-order valence-electron chi connectivity index (χ1n) is 7.44. The van der Waals surface area contributed by atoms with Crippen LogP contribution in [-0.2, 0) is 15.0 Å². The maximum atomic E-state index is 13.3. The highest BCUT2D eigenvalue weighted by atomic mass is 35.5. The van der Waals surface area contributed by atoms with E-state index >= 15 is 0 Å². The monoisotopic (exact) mass is 421 g/mol. The number of amides is 1. The van der Waals surface area contributed by atoms with Crippen molar-refractivity contribution >= 4 is 44.7 Å². The van der Waals surface area contributed by atoms with E-state index in [1.165, 1.54) is 31.3 Å². The van der Waals surface area contributed by atoms with E-state index in [4.69, 9.17) is 11.6 Å². The van der Waals surface area contributed by atoms with Crippen molar-refractivity contribution in [3.8, 4) is 0 Å². The Hall–Kier alpha value is -1.59. The van der Waals surface area contributed by atoms with Crippen molar-refractivity contribution in [2.24, 2.45) is 0 Å². The number of carbonyl (C=O) groups excluding carboxylic acids is 1. The van der Waals surface area contributed by atoms with Gasteiger partial charge in [0.1, 0.15) is 11.9 Å². The zero-order valence-corrected chi connectivity index (χ0v) is 15.8. The van der Waals surface area contributed by atoms with Crippen LogP contribution in [0.4, 0.5) is 14.5 Å². The van der Waals surface area contributed by atoms with Crippen molar-refractivity contribution in [2.45, 2.75) is 18.5 Å². The number of hydrogen-bond donors (Lipinski definition) is 2. The molecular formula is C15H14ClF2N3O3S2. The molecule has 1 saturated heterocycles. The van der Waals surface area contributed by atoms with Crippen molar-refractivity contribution in [2.75, 3.05) is 12.4 Å². The second-order valence-corrected chi connectivity index (χ2v) is 8.94. The third-order valence-corrected chi connectivity index (χ3v) is 6.87. The normalized spacial score (nSPS) is 22.9. The minimum atomic E-state index is -3.93. The van der Waals surface area contributed by atoms with E-state index in [9.17, 15) is 22.0 Å². The van der Waals surface area contributed by atoms with Gasteiger partial charge in [-0.2, -0.15) is 21.8 Å². The number of nitrogens with one attached hydrogen (secondary N) is 2. The van der Waals surface area contributed by atoms with Crippen LogP contribution in [0.25, 0.3) is 0 Å². The molecule has 0 aliphatic carbocycles. The summed E-state index contributed by atoms with van der Waals surface area (Å²) >= 11 is 6.50. The second-order valence-electron chi connectivity index (χ2n) is 5.70. The van der Waals surface area contributed by atoms with Crippen molar-refractivity contribution in [1.82, 2.24) is 9.03 Å². The van der Waals surface area contributed by atoms with E-state index in [2.05, 4.69) is 10.0 Å². The van der Waals surface area contributed by atoms with Crippen LogP contribution in [-0.4, -0.2) is 31.7 Å². The van der Waals surface area contributed by atoms with Crippen LogP contribution in [0.2, 0.25) is 5.02 Å². The first-order chi connectivity index (χ1) is 12.2. The third-order valence-electron chi connectivity index (χ3n) is 4.00. The maximum Gasteiger partial charge on any atom is 0.280 e. The summed E-state index contributed by atoms with van der Waals surface area (Å²) in [6.07, 6.45) is 0.108. The summed E-state index contributed by atoms with van der Waals surface area (Å²) in [4.78, 5) is 13.1. The van der Waals surface area contributed by atoms with E-state index in [1.54, 1.807) is 0 Å². The fraction of sp³-hybridized carbons (Fsp3) is 0.267. The fourth-order valence-corrected chi connectivity index (χ4v) is 4.93. The number of anilines is 1. The minimum Gasteiger partial charge on any atom is -0.325 e. The van der Waals surface area contributed by atoms with Gasteiger partial charge in [-0.3, -0.25) is 4.79 Å². The lowest BCUT2D eigenvalue weighted by atomic mass is 10.1. The van der Waals surface area contributed by atoms with E-state index in [0.717, 1.165) is 21.7 Å². The standard InChI is InChI=1S/C15H14ClF2N3O3S2/c1-21-12(15(22)19-8-2-3-10(17)9(16)6-8)7-11(20-26(21,23)24)13-4-5-14(18)25-13/h2-6,11-12,20H,7H2,1H3,(H,19,22)/t11-,12+/m0/s1. The van der Waals surface area contributed by atoms with E-state index in [1.807, 2.05) is 0 Å². The summed E-state index contributed by atoms with van der Waals surface area (Å²) in [5, 5.41) is 1.92. The van der Waals surface area contributed by atoms with Gasteiger partial charge in [0, 0.05) is 17.6 Å². The van der Waals surface area contributed by atoms with Crippen LogP contribution in [0.3, 0.4) is 0 Å². The van der Waals surface area contributed by atoms with Crippen molar-refractivity contribution in [3.05, 3.63) is 51.2 Å². The average Bonchev–Trinajstić information content (AvgIpc) is 2.99. The van der Waals surface area contributed by atoms with Gasteiger partial charge in [-0.05, 0) is 36.8 Å². The van der Waals surface area contributed by atoms with Crippen LogP contribution in [0.1, 0.15) is 17.3 Å². The molecule has 1 aliphatic heterocycles. The lowest BCUT2D eigenvalue weighted by Gasteiger charge is -2.35. The number of benzene rings is 1. The average molecular weight is 422 g/mol. The van der Waals surface area contributed by atoms with Crippen molar-refractivity contribution < 1.29 is 22.0 Å². The SMILES string of the molecule is CN1[C@@H](C(=O)Nc2ccc(F)c(Cl)c2)C[C@@H](c2ccc(F)s2)NS1(=O)=O. The molecule has 0 radical (unpaired) electrons. The molecule has 0 unspecified atom stereocenters. The minimum absolute atomic E-state index is 0.108. The van der Waals surface area contributed by atoms with Gasteiger partial charge in [-0.1, -0.05) is 11.6 Å². The number of carbonyl (C=O) groups is 1. The molecular weight excluding hydrogens is 408 g/mol. The second kappa shape index (κ2) is 7.20. The molecule has 0 spiro atoms. The molecule has 0 saturated carbocycles. The molecule has 1 fully saturated rings. The van der Waals surface area contributed by atoms with Crippen LogP contribution in [0.5, 0.6) is 0 Å². The summed E-state index contributed by atoms with van der Waals surface area (Å²) in [7, 11) is -2.66. The largest absolute Gasteiger partial charge is 0.325 e. The van der Waals surface area contributed by atoms with Crippen LogP contribution < -0.4 is 10.0 Å². The van der Waals surface area contributed by atoms with Gasteiger partial charge in [0.05, 0.1) is 11.1 Å². The molecule has 0 bridgehead atoms. The molecule has 1 aliphatic rings. The first kappa shape index (κ1) is 19.2. The molecule has 1 aromatic heterocycles. The zero-order chi connectivity index (χ0) is 19.1. The summed E-state index contributed by atoms with van der Waals surface area (Å²) in [6.45, 7) is 0. The van der Waals surface area contributed by atoms with Gasteiger partial charge < -0.3 is 5.32 Å².